The minimum absolute atomic E-state index is 0.0326. The van der Waals surface area contributed by atoms with E-state index in [2.05, 4.69) is 10.3 Å². The van der Waals surface area contributed by atoms with Crippen LogP contribution < -0.4 is 5.32 Å². The van der Waals surface area contributed by atoms with Gasteiger partial charge in [-0.05, 0) is 31.0 Å². The first kappa shape index (κ1) is 21.4. The molecule has 0 bridgehead atoms. The highest BCUT2D eigenvalue weighted by Crippen LogP contribution is 2.31. The smallest absolute Gasteiger partial charge is 0.256 e. The monoisotopic (exact) mass is 421 g/mol. The largest absolute Gasteiger partial charge is 0.355 e. The summed E-state index contributed by atoms with van der Waals surface area (Å²) in [7, 11) is 0. The number of rotatable bonds is 6. The predicted octanol–water partition coefficient (Wildman–Crippen LogP) is 3.76. The van der Waals surface area contributed by atoms with Gasteiger partial charge in [-0.3, -0.25) is 9.59 Å². The molecule has 1 aliphatic rings. The van der Waals surface area contributed by atoms with E-state index in [1.807, 2.05) is 19.2 Å². The number of amides is 2. The lowest BCUT2D eigenvalue weighted by atomic mass is 9.97. The van der Waals surface area contributed by atoms with E-state index < -0.39 is 17.5 Å². The third kappa shape index (κ3) is 5.38. The molecule has 8 heteroatoms. The minimum atomic E-state index is -0.701. The zero-order valence-corrected chi connectivity index (χ0v) is 17.4. The van der Waals surface area contributed by atoms with E-state index in [-0.39, 0.29) is 23.3 Å². The van der Waals surface area contributed by atoms with Crippen molar-refractivity contribution < 1.29 is 18.4 Å². The Morgan fingerprint density at radius 2 is 2.00 bits per heavy atom. The summed E-state index contributed by atoms with van der Waals surface area (Å²) in [5.74, 6) is -1.54. The highest BCUT2D eigenvalue weighted by Gasteiger charge is 2.27. The molecular weight excluding hydrogens is 396 g/mol. The van der Waals surface area contributed by atoms with E-state index in [1.54, 1.807) is 16.2 Å². The number of carbonyl (C=O) groups excluding carboxylic acids is 2. The summed E-state index contributed by atoms with van der Waals surface area (Å²) < 4.78 is 27.2. The molecule has 2 heterocycles. The molecule has 1 aliphatic heterocycles. The highest BCUT2D eigenvalue weighted by atomic mass is 32.1. The van der Waals surface area contributed by atoms with Crippen LogP contribution in [0.25, 0.3) is 0 Å². The van der Waals surface area contributed by atoms with E-state index >= 15 is 0 Å². The first-order valence-corrected chi connectivity index (χ1v) is 10.7. The Labute approximate surface area is 173 Å². The standard InChI is InChI=1S/C21H25F2N3O2S/c1-13(2)19(27)24-8-5-16-12-29-20(25-16)14-6-9-26(10-7-14)21(28)17-11-15(22)3-4-18(17)23/h3-4,11-14H,5-10H2,1-2H3,(H,24,27). The third-order valence-electron chi connectivity index (χ3n) is 5.06. The number of likely N-dealkylation sites (tertiary alicyclic amines) is 1. The van der Waals surface area contributed by atoms with Gasteiger partial charge in [0, 0.05) is 43.3 Å². The number of nitrogens with one attached hydrogen (secondary N) is 1. The van der Waals surface area contributed by atoms with Crippen molar-refractivity contribution in [3.8, 4) is 0 Å². The van der Waals surface area contributed by atoms with Crippen molar-refractivity contribution in [2.24, 2.45) is 5.92 Å². The number of hydrogen-bond acceptors (Lipinski definition) is 4. The van der Waals surface area contributed by atoms with E-state index in [0.29, 0.717) is 26.1 Å². The Hall–Kier alpha value is -2.35. The molecule has 1 fully saturated rings. The first-order chi connectivity index (χ1) is 13.8. The first-order valence-electron chi connectivity index (χ1n) is 9.81. The number of thiazole rings is 1. The molecule has 0 aliphatic carbocycles. The van der Waals surface area contributed by atoms with Crippen LogP contribution in [0.3, 0.4) is 0 Å². The SMILES string of the molecule is CC(C)C(=O)NCCc1csc(C2CCN(C(=O)c3cc(F)ccc3F)CC2)n1. The highest BCUT2D eigenvalue weighted by molar-refractivity contribution is 7.09. The second kappa shape index (κ2) is 9.43. The number of nitrogens with zero attached hydrogens (tertiary/aromatic N) is 2. The Bertz CT molecular complexity index is 877. The van der Waals surface area contributed by atoms with Crippen molar-refractivity contribution in [3.63, 3.8) is 0 Å². The van der Waals surface area contributed by atoms with Crippen LogP contribution in [0.1, 0.15) is 53.7 Å². The maximum absolute atomic E-state index is 13.9. The van der Waals surface area contributed by atoms with Crippen LogP contribution in [0, 0.1) is 17.6 Å². The van der Waals surface area contributed by atoms with Crippen LogP contribution in [0.4, 0.5) is 8.78 Å². The number of carbonyl (C=O) groups is 2. The van der Waals surface area contributed by atoms with Crippen molar-refractivity contribution in [1.29, 1.82) is 0 Å². The van der Waals surface area contributed by atoms with Crippen LogP contribution >= 0.6 is 11.3 Å². The number of halogens is 2. The van der Waals surface area contributed by atoms with Crippen LogP contribution in [0.2, 0.25) is 0 Å². The average molecular weight is 422 g/mol. The molecule has 29 heavy (non-hydrogen) atoms. The molecule has 0 spiro atoms. The van der Waals surface area contributed by atoms with E-state index in [4.69, 9.17) is 0 Å². The zero-order chi connectivity index (χ0) is 21.0. The Morgan fingerprint density at radius 1 is 1.28 bits per heavy atom. The molecule has 0 unspecified atom stereocenters. The molecule has 3 rings (SSSR count). The van der Waals surface area contributed by atoms with Crippen LogP contribution in [0.15, 0.2) is 23.6 Å². The Morgan fingerprint density at radius 3 is 2.69 bits per heavy atom. The molecule has 5 nitrogen and oxygen atoms in total. The Balaban J connectivity index is 1.52. The summed E-state index contributed by atoms with van der Waals surface area (Å²) >= 11 is 1.59. The van der Waals surface area contributed by atoms with Crippen molar-refractivity contribution in [2.45, 2.75) is 39.0 Å². The molecule has 1 aromatic heterocycles. The Kier molecular flexibility index (Phi) is 6.95. The van der Waals surface area contributed by atoms with Crippen molar-refractivity contribution in [2.75, 3.05) is 19.6 Å². The van der Waals surface area contributed by atoms with Crippen molar-refractivity contribution in [3.05, 3.63) is 51.5 Å². The predicted molar refractivity (Wildman–Crippen MR) is 108 cm³/mol. The fourth-order valence-electron chi connectivity index (χ4n) is 3.30. The van der Waals surface area contributed by atoms with Crippen LogP contribution in [0.5, 0.6) is 0 Å². The fourth-order valence-corrected chi connectivity index (χ4v) is 4.33. The van der Waals surface area contributed by atoms with E-state index in [0.717, 1.165) is 41.7 Å². The number of aromatic nitrogens is 1. The fraction of sp³-hybridized carbons (Fsp3) is 0.476. The maximum Gasteiger partial charge on any atom is 0.256 e. The second-order valence-electron chi connectivity index (χ2n) is 7.56. The van der Waals surface area contributed by atoms with Gasteiger partial charge in [0.2, 0.25) is 5.91 Å². The summed E-state index contributed by atoms with van der Waals surface area (Å²) in [5, 5.41) is 5.92. The molecule has 0 saturated carbocycles. The number of piperidine rings is 1. The van der Waals surface area contributed by atoms with Crippen molar-refractivity contribution >= 4 is 23.2 Å². The molecule has 1 saturated heterocycles. The van der Waals surface area contributed by atoms with Gasteiger partial charge in [0.25, 0.3) is 5.91 Å². The molecule has 0 radical (unpaired) electrons. The molecule has 2 aromatic rings. The number of benzene rings is 1. The molecule has 1 N–H and O–H groups in total. The summed E-state index contributed by atoms with van der Waals surface area (Å²) in [6.45, 7) is 5.25. The van der Waals surface area contributed by atoms with Gasteiger partial charge in [0.1, 0.15) is 11.6 Å². The average Bonchev–Trinajstić information content (AvgIpc) is 3.18. The summed E-state index contributed by atoms with van der Waals surface area (Å²) in [6, 6.07) is 2.94. The summed E-state index contributed by atoms with van der Waals surface area (Å²) in [5.41, 5.74) is 0.734. The zero-order valence-electron chi connectivity index (χ0n) is 16.6. The van der Waals surface area contributed by atoms with Gasteiger partial charge in [-0.25, -0.2) is 13.8 Å². The van der Waals surface area contributed by atoms with Gasteiger partial charge in [-0.2, -0.15) is 0 Å². The quantitative estimate of drug-likeness (QED) is 0.773. The van der Waals surface area contributed by atoms with E-state index in [1.165, 1.54) is 0 Å². The van der Waals surface area contributed by atoms with Gasteiger partial charge in [0.05, 0.1) is 16.3 Å². The summed E-state index contributed by atoms with van der Waals surface area (Å²) in [6.07, 6.45) is 2.16. The molecule has 156 valence electrons. The topological polar surface area (TPSA) is 62.3 Å². The maximum atomic E-state index is 13.9. The lowest BCUT2D eigenvalue weighted by Gasteiger charge is -2.31. The molecule has 1 aromatic carbocycles. The van der Waals surface area contributed by atoms with Crippen LogP contribution in [-0.4, -0.2) is 41.3 Å². The molecular formula is C21H25F2N3O2S. The molecule has 2 amide bonds. The van der Waals surface area contributed by atoms with Crippen molar-refractivity contribution in [1.82, 2.24) is 15.2 Å². The van der Waals surface area contributed by atoms with E-state index in [9.17, 15) is 18.4 Å². The van der Waals surface area contributed by atoms with Gasteiger partial charge in [0.15, 0.2) is 0 Å². The lowest BCUT2D eigenvalue weighted by Crippen LogP contribution is -2.38. The summed E-state index contributed by atoms with van der Waals surface area (Å²) in [4.78, 5) is 30.4. The minimum Gasteiger partial charge on any atom is -0.355 e. The lowest BCUT2D eigenvalue weighted by molar-refractivity contribution is -0.123. The number of hydrogen-bond donors (Lipinski definition) is 1. The van der Waals surface area contributed by atoms with Crippen LogP contribution in [-0.2, 0) is 11.2 Å². The van der Waals surface area contributed by atoms with Gasteiger partial charge in [-0.15, -0.1) is 11.3 Å². The second-order valence-corrected chi connectivity index (χ2v) is 8.45. The molecule has 0 atom stereocenters. The van der Waals surface area contributed by atoms with Gasteiger partial charge < -0.3 is 10.2 Å². The normalized spacial score (nSPS) is 15.0. The van der Waals surface area contributed by atoms with Gasteiger partial charge >= 0.3 is 0 Å². The van der Waals surface area contributed by atoms with Gasteiger partial charge in [-0.1, -0.05) is 13.8 Å². The third-order valence-corrected chi connectivity index (χ3v) is 6.12.